The van der Waals surface area contributed by atoms with Crippen LogP contribution in [0.4, 0.5) is 0 Å². The molecule has 0 radical (unpaired) electrons. The number of carboxylic acids is 1. The zero-order chi connectivity index (χ0) is 11.6. The van der Waals surface area contributed by atoms with Gasteiger partial charge in [0.25, 0.3) is 0 Å². The molecule has 0 rings (SSSR count). The van der Waals surface area contributed by atoms with E-state index in [1.54, 1.807) is 39.6 Å². The maximum Gasteiger partial charge on any atom is 0.323 e. The number of aliphatic hydroxyl groups is 1. The zero-order valence-electron chi connectivity index (χ0n) is 9.66. The van der Waals surface area contributed by atoms with Gasteiger partial charge in [-0.15, -0.1) is 0 Å². The molecule has 0 aromatic rings. The normalized spacial score (nSPS) is 13.4. The van der Waals surface area contributed by atoms with Crippen molar-refractivity contribution in [3.63, 3.8) is 0 Å². The first-order valence-corrected chi connectivity index (χ1v) is 4.74. The number of likely N-dealkylation sites (N-methyl/N-ethyl adjacent to an activating group) is 1. The molecule has 0 saturated heterocycles. The summed E-state index contributed by atoms with van der Waals surface area (Å²) in [5, 5.41) is 18.4. The summed E-state index contributed by atoms with van der Waals surface area (Å²) in [6, 6.07) is 0. The minimum Gasteiger partial charge on any atom is -0.480 e. The highest BCUT2D eigenvalue weighted by Gasteiger charge is 2.32. The molecular weight excluding hydrogens is 182 g/mol. The van der Waals surface area contributed by atoms with Gasteiger partial charge in [0.1, 0.15) is 5.54 Å². The van der Waals surface area contributed by atoms with Gasteiger partial charge in [0, 0.05) is 6.54 Å². The Morgan fingerprint density at radius 1 is 1.29 bits per heavy atom. The molecule has 0 heterocycles. The summed E-state index contributed by atoms with van der Waals surface area (Å²) in [6.07, 6.45) is 0.556. The highest BCUT2D eigenvalue weighted by molar-refractivity contribution is 5.77. The molecule has 0 fully saturated rings. The Bertz CT molecular complexity index is 206. The molecule has 0 unspecified atom stereocenters. The molecule has 0 amide bonds. The monoisotopic (exact) mass is 203 g/mol. The van der Waals surface area contributed by atoms with E-state index >= 15 is 0 Å². The SMILES string of the molecule is CN(CCC(C)(C)O)C(C)(C)C(=O)O. The van der Waals surface area contributed by atoms with E-state index in [1.807, 2.05) is 0 Å². The summed E-state index contributed by atoms with van der Waals surface area (Å²) in [4.78, 5) is 12.6. The van der Waals surface area contributed by atoms with Crippen LogP contribution in [-0.2, 0) is 4.79 Å². The first-order valence-electron chi connectivity index (χ1n) is 4.74. The number of nitrogens with zero attached hydrogens (tertiary/aromatic N) is 1. The standard InChI is InChI=1S/C10H21NO3/c1-9(2,14)6-7-11(5)10(3,4)8(12)13/h14H,6-7H2,1-5H3,(H,12,13). The third-order valence-electron chi connectivity index (χ3n) is 2.54. The average molecular weight is 203 g/mol. The first-order chi connectivity index (χ1) is 6.07. The van der Waals surface area contributed by atoms with E-state index in [-0.39, 0.29) is 0 Å². The molecule has 0 aliphatic carbocycles. The largest absolute Gasteiger partial charge is 0.480 e. The maximum atomic E-state index is 10.9. The summed E-state index contributed by atoms with van der Waals surface area (Å²) in [5.74, 6) is -0.851. The van der Waals surface area contributed by atoms with Crippen LogP contribution in [0.25, 0.3) is 0 Å². The fourth-order valence-corrected chi connectivity index (χ4v) is 0.884. The molecule has 0 saturated carbocycles. The van der Waals surface area contributed by atoms with Crippen molar-refractivity contribution in [2.75, 3.05) is 13.6 Å². The van der Waals surface area contributed by atoms with Gasteiger partial charge >= 0.3 is 5.97 Å². The van der Waals surface area contributed by atoms with E-state index in [0.717, 1.165) is 0 Å². The van der Waals surface area contributed by atoms with Crippen molar-refractivity contribution >= 4 is 5.97 Å². The minimum absolute atomic E-state index is 0.556. The van der Waals surface area contributed by atoms with Gasteiger partial charge in [-0.05, 0) is 41.2 Å². The lowest BCUT2D eigenvalue weighted by molar-refractivity contribution is -0.148. The molecule has 0 bridgehead atoms. The van der Waals surface area contributed by atoms with Gasteiger partial charge in [-0.25, -0.2) is 0 Å². The van der Waals surface area contributed by atoms with Crippen molar-refractivity contribution in [3.8, 4) is 0 Å². The third-order valence-corrected chi connectivity index (χ3v) is 2.54. The number of rotatable bonds is 5. The Morgan fingerprint density at radius 2 is 1.71 bits per heavy atom. The van der Waals surface area contributed by atoms with Crippen LogP contribution >= 0.6 is 0 Å². The van der Waals surface area contributed by atoms with Gasteiger partial charge in [0.15, 0.2) is 0 Å². The van der Waals surface area contributed by atoms with Crippen LogP contribution in [0.2, 0.25) is 0 Å². The Balaban J connectivity index is 4.22. The molecule has 84 valence electrons. The highest BCUT2D eigenvalue weighted by atomic mass is 16.4. The van der Waals surface area contributed by atoms with Crippen LogP contribution in [0.5, 0.6) is 0 Å². The highest BCUT2D eigenvalue weighted by Crippen LogP contribution is 2.15. The molecule has 0 spiro atoms. The van der Waals surface area contributed by atoms with Crippen LogP contribution in [0, 0.1) is 0 Å². The average Bonchev–Trinajstić information content (AvgIpc) is 1.98. The van der Waals surface area contributed by atoms with Crippen molar-refractivity contribution in [2.24, 2.45) is 0 Å². The minimum atomic E-state index is -0.884. The Kier molecular flexibility index (Phi) is 4.09. The van der Waals surface area contributed by atoms with E-state index in [9.17, 15) is 9.90 Å². The van der Waals surface area contributed by atoms with E-state index in [4.69, 9.17) is 5.11 Å². The molecule has 4 nitrogen and oxygen atoms in total. The van der Waals surface area contributed by atoms with Crippen molar-refractivity contribution in [1.82, 2.24) is 4.90 Å². The number of hydrogen-bond donors (Lipinski definition) is 2. The summed E-state index contributed by atoms with van der Waals surface area (Å²) >= 11 is 0. The van der Waals surface area contributed by atoms with E-state index < -0.39 is 17.1 Å². The molecule has 14 heavy (non-hydrogen) atoms. The van der Waals surface area contributed by atoms with E-state index in [0.29, 0.717) is 13.0 Å². The molecule has 0 aliphatic rings. The van der Waals surface area contributed by atoms with Crippen molar-refractivity contribution < 1.29 is 15.0 Å². The Morgan fingerprint density at radius 3 is 2.00 bits per heavy atom. The van der Waals surface area contributed by atoms with Gasteiger partial charge in [0.05, 0.1) is 5.60 Å². The summed E-state index contributed by atoms with van der Waals surface area (Å²) < 4.78 is 0. The van der Waals surface area contributed by atoms with Crippen molar-refractivity contribution in [1.29, 1.82) is 0 Å². The lowest BCUT2D eigenvalue weighted by Crippen LogP contribution is -2.49. The molecule has 0 aliphatic heterocycles. The smallest absolute Gasteiger partial charge is 0.323 e. The lowest BCUT2D eigenvalue weighted by atomic mass is 10.0. The molecule has 0 atom stereocenters. The van der Waals surface area contributed by atoms with Crippen LogP contribution in [0.1, 0.15) is 34.1 Å². The van der Waals surface area contributed by atoms with Crippen LogP contribution in [-0.4, -0.2) is 45.8 Å². The van der Waals surface area contributed by atoms with Gasteiger partial charge < -0.3 is 10.2 Å². The maximum absolute atomic E-state index is 10.9. The fourth-order valence-electron chi connectivity index (χ4n) is 0.884. The Labute approximate surface area is 85.5 Å². The number of aliphatic carboxylic acids is 1. The molecule has 0 aromatic carbocycles. The predicted octanol–water partition coefficient (Wildman–Crippen LogP) is 0.942. The zero-order valence-corrected chi connectivity index (χ0v) is 9.66. The quantitative estimate of drug-likeness (QED) is 0.698. The molecule has 0 aromatic heterocycles. The van der Waals surface area contributed by atoms with E-state index in [1.165, 1.54) is 0 Å². The summed E-state index contributed by atoms with van der Waals surface area (Å²) in [7, 11) is 1.75. The second-order valence-electron chi connectivity index (χ2n) is 4.85. The second-order valence-corrected chi connectivity index (χ2v) is 4.85. The summed E-state index contributed by atoms with van der Waals surface area (Å²) in [6.45, 7) is 7.30. The lowest BCUT2D eigenvalue weighted by Gasteiger charge is -2.33. The second kappa shape index (κ2) is 4.28. The molecular formula is C10H21NO3. The summed E-state index contributed by atoms with van der Waals surface area (Å²) in [5.41, 5.74) is -1.63. The number of hydrogen-bond acceptors (Lipinski definition) is 3. The van der Waals surface area contributed by atoms with Gasteiger partial charge in [-0.1, -0.05) is 0 Å². The van der Waals surface area contributed by atoms with Crippen LogP contribution in [0.3, 0.4) is 0 Å². The van der Waals surface area contributed by atoms with Crippen molar-refractivity contribution in [2.45, 2.75) is 45.3 Å². The third kappa shape index (κ3) is 4.07. The number of carbonyl (C=O) groups is 1. The van der Waals surface area contributed by atoms with Crippen LogP contribution in [0.15, 0.2) is 0 Å². The molecule has 2 N–H and O–H groups in total. The van der Waals surface area contributed by atoms with Crippen LogP contribution < -0.4 is 0 Å². The van der Waals surface area contributed by atoms with Gasteiger partial charge in [0.2, 0.25) is 0 Å². The predicted molar refractivity (Wildman–Crippen MR) is 55.3 cm³/mol. The topological polar surface area (TPSA) is 60.8 Å². The van der Waals surface area contributed by atoms with Crippen molar-refractivity contribution in [3.05, 3.63) is 0 Å². The van der Waals surface area contributed by atoms with Gasteiger partial charge in [-0.2, -0.15) is 0 Å². The Hall–Kier alpha value is -0.610. The van der Waals surface area contributed by atoms with Gasteiger partial charge in [-0.3, -0.25) is 9.69 Å². The fraction of sp³-hybridized carbons (Fsp3) is 0.900. The first kappa shape index (κ1) is 13.4. The van der Waals surface area contributed by atoms with E-state index in [2.05, 4.69) is 0 Å². The molecule has 4 heteroatoms. The number of carboxylic acid groups (broad SMARTS) is 1.